The number of ether oxygens (including phenoxy) is 3. The second-order valence-corrected chi connectivity index (χ2v) is 7.65. The first kappa shape index (κ1) is 22.7. The van der Waals surface area contributed by atoms with E-state index in [1.807, 2.05) is 12.2 Å². The van der Waals surface area contributed by atoms with Crippen LogP contribution in [0.25, 0.3) is 0 Å². The van der Waals surface area contributed by atoms with Crippen LogP contribution in [0.15, 0.2) is 54.6 Å². The van der Waals surface area contributed by atoms with E-state index in [1.165, 1.54) is 0 Å². The number of rotatable bonds is 8. The molecule has 0 fully saturated rings. The highest BCUT2D eigenvalue weighted by Gasteiger charge is 2.36. The first-order chi connectivity index (χ1) is 15.0. The summed E-state index contributed by atoms with van der Waals surface area (Å²) in [6.07, 6.45) is 4.42. The third-order valence-corrected chi connectivity index (χ3v) is 5.53. The predicted molar refractivity (Wildman–Crippen MR) is 119 cm³/mol. The van der Waals surface area contributed by atoms with Crippen LogP contribution in [0.4, 0.5) is 0 Å². The van der Waals surface area contributed by atoms with Crippen LogP contribution in [-0.2, 0) is 9.53 Å². The predicted octanol–water partition coefficient (Wildman–Crippen LogP) is 4.38. The zero-order valence-electron chi connectivity index (χ0n) is 17.8. The van der Waals surface area contributed by atoms with E-state index in [9.17, 15) is 9.59 Å². The molecule has 31 heavy (non-hydrogen) atoms. The van der Waals surface area contributed by atoms with Crippen LogP contribution in [0.3, 0.4) is 0 Å². The van der Waals surface area contributed by atoms with E-state index in [1.54, 1.807) is 63.6 Å². The molecule has 1 aliphatic rings. The molecule has 0 unspecified atom stereocenters. The van der Waals surface area contributed by atoms with Gasteiger partial charge in [0.15, 0.2) is 0 Å². The number of carbonyl (C=O) groups excluding carboxylic acids is 2. The molecule has 0 saturated heterocycles. The molecule has 0 bridgehead atoms. The molecule has 3 rings (SSSR count). The van der Waals surface area contributed by atoms with Gasteiger partial charge in [0.1, 0.15) is 11.5 Å². The van der Waals surface area contributed by atoms with Crippen molar-refractivity contribution in [1.29, 1.82) is 0 Å². The largest absolute Gasteiger partial charge is 0.497 e. The van der Waals surface area contributed by atoms with E-state index in [0.29, 0.717) is 34.1 Å². The number of halogens is 1. The molecule has 0 aromatic heterocycles. The molecular weight excluding hydrogens is 418 g/mol. The second-order valence-electron chi connectivity index (χ2n) is 7.21. The third kappa shape index (κ3) is 5.39. The molecule has 6 nitrogen and oxygen atoms in total. The summed E-state index contributed by atoms with van der Waals surface area (Å²) in [6.45, 7) is 2.05. The van der Waals surface area contributed by atoms with Gasteiger partial charge in [0.25, 0.3) is 5.91 Å². The maximum Gasteiger partial charge on any atom is 0.314 e. The molecule has 2 aromatic carbocycles. The van der Waals surface area contributed by atoms with Crippen LogP contribution >= 0.6 is 11.6 Å². The van der Waals surface area contributed by atoms with Crippen molar-refractivity contribution in [2.24, 2.45) is 5.92 Å². The lowest BCUT2D eigenvalue weighted by Gasteiger charge is -2.24. The lowest BCUT2D eigenvalue weighted by Crippen LogP contribution is -2.33. The lowest BCUT2D eigenvalue weighted by molar-refractivity contribution is -0.146. The fraction of sp³-hybridized carbons (Fsp3) is 0.333. The molecule has 0 aliphatic heterocycles. The van der Waals surface area contributed by atoms with Crippen LogP contribution in [0.2, 0.25) is 5.02 Å². The molecule has 1 N–H and O–H groups in total. The molecular formula is C24H26ClNO5. The van der Waals surface area contributed by atoms with Crippen LogP contribution in [0.5, 0.6) is 11.5 Å². The van der Waals surface area contributed by atoms with E-state index in [0.717, 1.165) is 0 Å². The van der Waals surface area contributed by atoms with Crippen molar-refractivity contribution >= 4 is 23.5 Å². The Balaban J connectivity index is 1.81. The molecule has 7 heteroatoms. The Morgan fingerprint density at radius 2 is 1.84 bits per heavy atom. The summed E-state index contributed by atoms with van der Waals surface area (Å²) in [7, 11) is 3.13. The number of methoxy groups -OCH3 is 2. The Kier molecular flexibility index (Phi) is 7.58. The maximum absolute atomic E-state index is 12.9. The molecule has 164 valence electrons. The average Bonchev–Trinajstić information content (AvgIpc) is 3.22. The normalized spacial score (nSPS) is 18.3. The highest BCUT2D eigenvalue weighted by Crippen LogP contribution is 2.40. The number of amides is 1. The Hall–Kier alpha value is -2.99. The van der Waals surface area contributed by atoms with Crippen molar-refractivity contribution in [2.45, 2.75) is 25.3 Å². The van der Waals surface area contributed by atoms with Crippen LogP contribution < -0.4 is 14.8 Å². The van der Waals surface area contributed by atoms with Gasteiger partial charge in [0.05, 0.1) is 26.7 Å². The standard InChI is InChI=1S/C24H26ClNO5/c1-4-31-24(28)22(20-14-19(29-2)11-12-21(20)30-3)16-7-10-18(13-16)26-23(27)15-5-8-17(25)9-6-15/h5-12,14,16,18,22H,4,13H2,1-3H3,(H,26,27)/t16-,18+,22-/m0/s1. The Labute approximate surface area is 187 Å². The van der Waals surface area contributed by atoms with Crippen LogP contribution in [-0.4, -0.2) is 38.7 Å². The zero-order chi connectivity index (χ0) is 22.4. The summed E-state index contributed by atoms with van der Waals surface area (Å²) in [5.74, 6) is -0.0816. The SMILES string of the molecule is CCOC(=O)[C@H](c1cc(OC)ccc1OC)[C@H]1C=C[C@@H](NC(=O)c2ccc(Cl)cc2)C1. The molecule has 0 saturated carbocycles. The van der Waals surface area contributed by atoms with E-state index in [-0.39, 0.29) is 30.4 Å². The van der Waals surface area contributed by atoms with Crippen molar-refractivity contribution in [3.63, 3.8) is 0 Å². The average molecular weight is 444 g/mol. The molecule has 0 heterocycles. The van der Waals surface area contributed by atoms with Crippen molar-refractivity contribution in [3.8, 4) is 11.5 Å². The summed E-state index contributed by atoms with van der Waals surface area (Å²) >= 11 is 5.89. The summed E-state index contributed by atoms with van der Waals surface area (Å²) in [5, 5.41) is 3.57. The quantitative estimate of drug-likeness (QED) is 0.484. The van der Waals surface area contributed by atoms with Gasteiger partial charge in [-0.15, -0.1) is 0 Å². The monoisotopic (exact) mass is 443 g/mol. The maximum atomic E-state index is 12.9. The number of nitrogens with one attached hydrogen (secondary N) is 1. The molecule has 0 radical (unpaired) electrons. The summed E-state index contributed by atoms with van der Waals surface area (Å²) in [4.78, 5) is 25.5. The Morgan fingerprint density at radius 1 is 1.10 bits per heavy atom. The van der Waals surface area contributed by atoms with Gasteiger partial charge in [-0.1, -0.05) is 23.8 Å². The van der Waals surface area contributed by atoms with Crippen molar-refractivity contribution in [3.05, 3.63) is 70.8 Å². The van der Waals surface area contributed by atoms with Crippen LogP contribution in [0, 0.1) is 5.92 Å². The highest BCUT2D eigenvalue weighted by molar-refractivity contribution is 6.30. The van der Waals surface area contributed by atoms with E-state index < -0.39 is 5.92 Å². The van der Waals surface area contributed by atoms with Crippen molar-refractivity contribution in [2.75, 3.05) is 20.8 Å². The molecule has 0 spiro atoms. The number of hydrogen-bond acceptors (Lipinski definition) is 5. The summed E-state index contributed by atoms with van der Waals surface area (Å²) in [5.41, 5.74) is 1.22. The summed E-state index contributed by atoms with van der Waals surface area (Å²) in [6, 6.07) is 11.9. The third-order valence-electron chi connectivity index (χ3n) is 5.28. The van der Waals surface area contributed by atoms with Crippen LogP contribution in [0.1, 0.15) is 35.2 Å². The number of benzene rings is 2. The van der Waals surface area contributed by atoms with E-state index in [2.05, 4.69) is 5.32 Å². The first-order valence-corrected chi connectivity index (χ1v) is 10.5. The Morgan fingerprint density at radius 3 is 2.48 bits per heavy atom. The minimum Gasteiger partial charge on any atom is -0.497 e. The Bertz CT molecular complexity index is 957. The van der Waals surface area contributed by atoms with Gasteiger partial charge in [0, 0.05) is 22.2 Å². The van der Waals surface area contributed by atoms with Gasteiger partial charge in [-0.2, -0.15) is 0 Å². The van der Waals surface area contributed by atoms with Gasteiger partial charge >= 0.3 is 5.97 Å². The summed E-state index contributed by atoms with van der Waals surface area (Å²) < 4.78 is 16.2. The zero-order valence-corrected chi connectivity index (χ0v) is 18.5. The van der Waals surface area contributed by atoms with Gasteiger partial charge in [0.2, 0.25) is 0 Å². The fourth-order valence-electron chi connectivity index (χ4n) is 3.78. The number of allylic oxidation sites excluding steroid dienone is 1. The second kappa shape index (κ2) is 10.4. The minimum atomic E-state index is -0.585. The number of hydrogen-bond donors (Lipinski definition) is 1. The van der Waals surface area contributed by atoms with Gasteiger partial charge in [-0.25, -0.2) is 0 Å². The topological polar surface area (TPSA) is 73.9 Å². The minimum absolute atomic E-state index is 0.171. The number of esters is 1. The molecule has 2 aromatic rings. The fourth-order valence-corrected chi connectivity index (χ4v) is 3.91. The van der Waals surface area contributed by atoms with Gasteiger partial charge < -0.3 is 19.5 Å². The molecule has 1 amide bonds. The van der Waals surface area contributed by atoms with E-state index in [4.69, 9.17) is 25.8 Å². The van der Waals surface area contributed by atoms with Crippen molar-refractivity contribution in [1.82, 2.24) is 5.32 Å². The van der Waals surface area contributed by atoms with E-state index >= 15 is 0 Å². The first-order valence-electron chi connectivity index (χ1n) is 10.1. The van der Waals surface area contributed by atoms with Crippen molar-refractivity contribution < 1.29 is 23.8 Å². The highest BCUT2D eigenvalue weighted by atomic mass is 35.5. The number of carbonyl (C=O) groups is 2. The van der Waals surface area contributed by atoms with Gasteiger partial charge in [-0.05, 0) is 61.7 Å². The smallest absolute Gasteiger partial charge is 0.314 e. The van der Waals surface area contributed by atoms with Gasteiger partial charge in [-0.3, -0.25) is 9.59 Å². The molecule has 3 atom stereocenters. The lowest BCUT2D eigenvalue weighted by atomic mass is 9.84. The molecule has 1 aliphatic carbocycles.